The van der Waals surface area contributed by atoms with E-state index in [-0.39, 0.29) is 24.1 Å². The fourth-order valence-corrected chi connectivity index (χ4v) is 2.14. The quantitative estimate of drug-likeness (QED) is 0.700. The van der Waals surface area contributed by atoms with Crippen molar-refractivity contribution in [2.75, 3.05) is 5.32 Å². The molecular weight excluding hydrogens is 334 g/mol. The van der Waals surface area contributed by atoms with Gasteiger partial charge in [0.15, 0.2) is 0 Å². The highest BCUT2D eigenvalue weighted by atomic mass is 16.5. The van der Waals surface area contributed by atoms with Gasteiger partial charge in [0.25, 0.3) is 11.8 Å². The zero-order valence-corrected chi connectivity index (χ0v) is 13.6. The Morgan fingerprint density at radius 1 is 1.08 bits per heavy atom. The van der Waals surface area contributed by atoms with Gasteiger partial charge in [-0.25, -0.2) is 4.98 Å². The molecule has 0 spiro atoms. The van der Waals surface area contributed by atoms with Crippen LogP contribution in [-0.2, 0) is 6.61 Å². The molecule has 3 aromatic rings. The van der Waals surface area contributed by atoms with Crippen molar-refractivity contribution < 1.29 is 14.3 Å². The zero-order valence-electron chi connectivity index (χ0n) is 13.6. The van der Waals surface area contributed by atoms with Crippen LogP contribution in [-0.4, -0.2) is 26.8 Å². The SMILES string of the molecule is NC(=O)c1cncc(OCc2cccc(NC(=O)c3ccncc3)c2)n1. The second-order valence-corrected chi connectivity index (χ2v) is 5.29. The molecule has 8 nitrogen and oxygen atoms in total. The van der Waals surface area contributed by atoms with E-state index in [1.807, 2.05) is 6.07 Å². The average Bonchev–Trinajstić information content (AvgIpc) is 2.67. The summed E-state index contributed by atoms with van der Waals surface area (Å²) in [5.74, 6) is -0.721. The van der Waals surface area contributed by atoms with Crippen molar-refractivity contribution in [3.05, 3.63) is 78.0 Å². The monoisotopic (exact) mass is 349 g/mol. The van der Waals surface area contributed by atoms with E-state index in [2.05, 4.69) is 20.3 Å². The van der Waals surface area contributed by atoms with Crippen LogP contribution < -0.4 is 15.8 Å². The third kappa shape index (κ3) is 4.38. The summed E-state index contributed by atoms with van der Waals surface area (Å²) >= 11 is 0. The Kier molecular flexibility index (Phi) is 5.14. The summed E-state index contributed by atoms with van der Waals surface area (Å²) in [5, 5.41) is 2.81. The maximum Gasteiger partial charge on any atom is 0.269 e. The van der Waals surface area contributed by atoms with Gasteiger partial charge >= 0.3 is 0 Å². The summed E-state index contributed by atoms with van der Waals surface area (Å²) < 4.78 is 5.53. The van der Waals surface area contributed by atoms with Crippen LogP contribution in [0.25, 0.3) is 0 Å². The van der Waals surface area contributed by atoms with Crippen LogP contribution in [0.15, 0.2) is 61.2 Å². The molecule has 0 atom stereocenters. The number of primary amides is 1. The van der Waals surface area contributed by atoms with Crippen molar-refractivity contribution in [3.63, 3.8) is 0 Å². The summed E-state index contributed by atoms with van der Waals surface area (Å²) in [6.45, 7) is 0.190. The number of hydrogen-bond donors (Lipinski definition) is 2. The molecule has 0 fully saturated rings. The van der Waals surface area contributed by atoms with Crippen LogP contribution in [0.3, 0.4) is 0 Å². The number of nitrogens with zero attached hydrogens (tertiary/aromatic N) is 3. The van der Waals surface area contributed by atoms with Crippen molar-refractivity contribution in [2.24, 2.45) is 5.73 Å². The number of pyridine rings is 1. The molecule has 2 heterocycles. The number of benzene rings is 1. The third-order valence-electron chi connectivity index (χ3n) is 3.38. The molecule has 8 heteroatoms. The number of anilines is 1. The van der Waals surface area contributed by atoms with Crippen molar-refractivity contribution in [1.29, 1.82) is 0 Å². The molecule has 3 rings (SSSR count). The van der Waals surface area contributed by atoms with Crippen LogP contribution in [0.1, 0.15) is 26.4 Å². The number of aromatic nitrogens is 3. The van der Waals surface area contributed by atoms with Gasteiger partial charge in [0.1, 0.15) is 12.3 Å². The summed E-state index contributed by atoms with van der Waals surface area (Å²) in [5.41, 5.74) is 7.14. The minimum absolute atomic E-state index is 0.0286. The predicted molar refractivity (Wildman–Crippen MR) is 93.5 cm³/mol. The number of nitrogens with two attached hydrogens (primary N) is 1. The number of carbonyl (C=O) groups is 2. The summed E-state index contributed by atoms with van der Waals surface area (Å²) in [6, 6.07) is 10.5. The smallest absolute Gasteiger partial charge is 0.269 e. The Morgan fingerprint density at radius 2 is 1.88 bits per heavy atom. The lowest BCUT2D eigenvalue weighted by molar-refractivity contribution is 0.0991. The molecule has 0 saturated carbocycles. The highest BCUT2D eigenvalue weighted by Crippen LogP contribution is 2.14. The van der Waals surface area contributed by atoms with Gasteiger partial charge < -0.3 is 15.8 Å². The first-order valence-electron chi connectivity index (χ1n) is 7.67. The Hall–Kier alpha value is -3.81. The second-order valence-electron chi connectivity index (χ2n) is 5.29. The van der Waals surface area contributed by atoms with Gasteiger partial charge in [-0.05, 0) is 29.8 Å². The molecule has 26 heavy (non-hydrogen) atoms. The van der Waals surface area contributed by atoms with E-state index in [9.17, 15) is 9.59 Å². The van der Waals surface area contributed by atoms with Crippen LogP contribution in [0.4, 0.5) is 5.69 Å². The summed E-state index contributed by atoms with van der Waals surface area (Å²) in [6.07, 6.45) is 5.77. The number of hydrogen-bond acceptors (Lipinski definition) is 6. The van der Waals surface area contributed by atoms with E-state index >= 15 is 0 Å². The molecule has 2 aromatic heterocycles. The molecule has 0 bridgehead atoms. The number of rotatable bonds is 6. The molecule has 130 valence electrons. The largest absolute Gasteiger partial charge is 0.472 e. The van der Waals surface area contributed by atoms with Gasteiger partial charge in [0.2, 0.25) is 5.88 Å². The van der Waals surface area contributed by atoms with Gasteiger partial charge in [-0.2, -0.15) is 0 Å². The first-order chi connectivity index (χ1) is 12.6. The lowest BCUT2D eigenvalue weighted by atomic mass is 10.2. The average molecular weight is 349 g/mol. The molecule has 2 amide bonds. The van der Waals surface area contributed by atoms with E-state index in [0.29, 0.717) is 11.3 Å². The molecule has 1 aromatic carbocycles. The van der Waals surface area contributed by atoms with Crippen molar-refractivity contribution >= 4 is 17.5 Å². The maximum absolute atomic E-state index is 12.2. The van der Waals surface area contributed by atoms with Gasteiger partial charge in [0.05, 0.1) is 12.4 Å². The molecule has 0 unspecified atom stereocenters. The van der Waals surface area contributed by atoms with Gasteiger partial charge in [-0.3, -0.25) is 19.6 Å². The number of nitrogens with one attached hydrogen (secondary N) is 1. The zero-order chi connectivity index (χ0) is 18.4. The second kappa shape index (κ2) is 7.84. The van der Waals surface area contributed by atoms with E-state index in [1.165, 1.54) is 12.4 Å². The van der Waals surface area contributed by atoms with E-state index in [0.717, 1.165) is 5.56 Å². The summed E-state index contributed by atoms with van der Waals surface area (Å²) in [7, 11) is 0. The molecule has 0 aliphatic heterocycles. The molecular formula is C18H15N5O3. The number of carbonyl (C=O) groups excluding carboxylic acids is 2. The normalized spacial score (nSPS) is 10.2. The molecule has 0 radical (unpaired) electrons. The highest BCUT2D eigenvalue weighted by Gasteiger charge is 2.07. The first kappa shape index (κ1) is 17.0. The predicted octanol–water partition coefficient (Wildman–Crippen LogP) is 1.80. The van der Waals surface area contributed by atoms with Crippen molar-refractivity contribution in [3.8, 4) is 5.88 Å². The van der Waals surface area contributed by atoms with Gasteiger partial charge in [0, 0.05) is 23.6 Å². The van der Waals surface area contributed by atoms with E-state index in [1.54, 1.807) is 42.7 Å². The topological polar surface area (TPSA) is 120 Å². The van der Waals surface area contributed by atoms with E-state index in [4.69, 9.17) is 10.5 Å². The minimum atomic E-state index is -0.677. The summed E-state index contributed by atoms with van der Waals surface area (Å²) in [4.78, 5) is 35.0. The van der Waals surface area contributed by atoms with Gasteiger partial charge in [-0.15, -0.1) is 0 Å². The van der Waals surface area contributed by atoms with Crippen LogP contribution in [0, 0.1) is 0 Å². The molecule has 0 saturated heterocycles. The Balaban J connectivity index is 1.65. The Labute approximate surface area is 149 Å². The number of ether oxygens (including phenoxy) is 1. The minimum Gasteiger partial charge on any atom is -0.472 e. The molecule has 0 aliphatic carbocycles. The Morgan fingerprint density at radius 3 is 2.65 bits per heavy atom. The lowest BCUT2D eigenvalue weighted by Gasteiger charge is -2.09. The Bertz CT molecular complexity index is 931. The standard InChI is InChI=1S/C18H15N5O3/c19-17(24)15-9-21-10-16(23-15)26-11-12-2-1-3-14(8-12)22-18(25)13-4-6-20-7-5-13/h1-10H,11H2,(H2,19,24)(H,22,25). The van der Waals surface area contributed by atoms with Crippen molar-refractivity contribution in [1.82, 2.24) is 15.0 Å². The van der Waals surface area contributed by atoms with Crippen molar-refractivity contribution in [2.45, 2.75) is 6.61 Å². The lowest BCUT2D eigenvalue weighted by Crippen LogP contribution is -2.14. The molecule has 0 aliphatic rings. The first-order valence-corrected chi connectivity index (χ1v) is 7.67. The van der Waals surface area contributed by atoms with Gasteiger partial charge in [-0.1, -0.05) is 12.1 Å². The maximum atomic E-state index is 12.2. The molecule has 3 N–H and O–H groups in total. The number of amides is 2. The third-order valence-corrected chi connectivity index (χ3v) is 3.38. The van der Waals surface area contributed by atoms with Crippen LogP contribution in [0.2, 0.25) is 0 Å². The van der Waals surface area contributed by atoms with Crippen LogP contribution in [0.5, 0.6) is 5.88 Å². The highest BCUT2D eigenvalue weighted by molar-refractivity contribution is 6.04. The van der Waals surface area contributed by atoms with E-state index < -0.39 is 5.91 Å². The van der Waals surface area contributed by atoms with Crippen LogP contribution >= 0.6 is 0 Å². The fourth-order valence-electron chi connectivity index (χ4n) is 2.14. The fraction of sp³-hybridized carbons (Fsp3) is 0.0556.